The largest absolute Gasteiger partial charge is 0.478 e. The van der Waals surface area contributed by atoms with Gasteiger partial charge in [0.1, 0.15) is 5.65 Å². The first-order valence-electron chi connectivity index (χ1n) is 4.10. The molecule has 2 aromatic rings. The monoisotopic (exact) mass is 188 g/mol. The zero-order valence-corrected chi connectivity index (χ0v) is 7.29. The molecule has 0 aliphatic heterocycles. The summed E-state index contributed by atoms with van der Waals surface area (Å²) in [5.74, 6) is -0.956. The third-order valence-electron chi connectivity index (χ3n) is 1.86. The molecule has 0 aliphatic rings. The predicted octanol–water partition coefficient (Wildman–Crippen LogP) is 1.43. The van der Waals surface area contributed by atoms with Gasteiger partial charge in [0.05, 0.1) is 0 Å². The molecule has 14 heavy (non-hydrogen) atoms. The summed E-state index contributed by atoms with van der Waals surface area (Å²) >= 11 is 0. The van der Waals surface area contributed by atoms with Crippen molar-refractivity contribution in [2.75, 3.05) is 0 Å². The number of nitrogens with zero attached hydrogens (tertiary/aromatic N) is 2. The molecule has 2 aromatic heterocycles. The van der Waals surface area contributed by atoms with Crippen molar-refractivity contribution in [2.24, 2.45) is 0 Å². The highest BCUT2D eigenvalue weighted by molar-refractivity contribution is 5.85. The maximum absolute atomic E-state index is 10.3. The summed E-state index contributed by atoms with van der Waals surface area (Å²) in [6.07, 6.45) is 6.11. The van der Waals surface area contributed by atoms with E-state index >= 15 is 0 Å². The van der Waals surface area contributed by atoms with Crippen LogP contribution in [0.2, 0.25) is 0 Å². The third-order valence-corrected chi connectivity index (χ3v) is 1.86. The van der Waals surface area contributed by atoms with Gasteiger partial charge in [0, 0.05) is 24.2 Å². The van der Waals surface area contributed by atoms with Crippen LogP contribution >= 0.6 is 0 Å². The van der Waals surface area contributed by atoms with Gasteiger partial charge in [-0.2, -0.15) is 0 Å². The molecular weight excluding hydrogens is 180 g/mol. The minimum Gasteiger partial charge on any atom is -0.478 e. The van der Waals surface area contributed by atoms with E-state index in [2.05, 4.69) is 4.98 Å². The predicted molar refractivity (Wildman–Crippen MR) is 51.9 cm³/mol. The maximum atomic E-state index is 10.3. The average Bonchev–Trinajstić information content (AvgIpc) is 2.62. The Bertz CT molecular complexity index is 500. The normalized spacial score (nSPS) is 11.1. The molecule has 4 nitrogen and oxygen atoms in total. The first-order valence-corrected chi connectivity index (χ1v) is 4.10. The first-order chi connectivity index (χ1) is 6.77. The van der Waals surface area contributed by atoms with E-state index < -0.39 is 5.97 Å². The van der Waals surface area contributed by atoms with Crippen LogP contribution in [0.15, 0.2) is 36.7 Å². The van der Waals surface area contributed by atoms with E-state index in [1.807, 2.05) is 22.6 Å². The molecule has 0 bridgehead atoms. The maximum Gasteiger partial charge on any atom is 0.328 e. The highest BCUT2D eigenvalue weighted by Crippen LogP contribution is 2.07. The number of fused-ring (bicyclic) bond motifs is 1. The zero-order valence-electron chi connectivity index (χ0n) is 7.29. The van der Waals surface area contributed by atoms with Gasteiger partial charge in [-0.1, -0.05) is 6.07 Å². The van der Waals surface area contributed by atoms with Gasteiger partial charge in [-0.25, -0.2) is 9.78 Å². The molecule has 2 rings (SSSR count). The second-order valence-electron chi connectivity index (χ2n) is 2.78. The van der Waals surface area contributed by atoms with Crippen molar-refractivity contribution >= 4 is 17.7 Å². The standard InChI is InChI=1S/C10H8N2O2/c13-10(14)5-4-8-2-1-3-9-11-6-7-12(8)9/h1-7H,(H,13,14)/b5-4+. The fourth-order valence-corrected chi connectivity index (χ4v) is 1.26. The lowest BCUT2D eigenvalue weighted by Gasteiger charge is -1.97. The number of hydrogen-bond donors (Lipinski definition) is 1. The average molecular weight is 188 g/mol. The van der Waals surface area contributed by atoms with Crippen molar-refractivity contribution in [3.8, 4) is 0 Å². The molecule has 1 N–H and O–H groups in total. The Morgan fingerprint density at radius 2 is 2.36 bits per heavy atom. The minimum absolute atomic E-state index is 0.794. The Morgan fingerprint density at radius 3 is 3.14 bits per heavy atom. The van der Waals surface area contributed by atoms with E-state index in [4.69, 9.17) is 5.11 Å². The molecule has 0 spiro atoms. The number of aromatic nitrogens is 2. The molecule has 0 atom stereocenters. The van der Waals surface area contributed by atoms with Crippen LogP contribution in [0.4, 0.5) is 0 Å². The van der Waals surface area contributed by atoms with E-state index in [0.29, 0.717) is 0 Å². The van der Waals surface area contributed by atoms with Crippen molar-refractivity contribution in [1.29, 1.82) is 0 Å². The summed E-state index contributed by atoms with van der Waals surface area (Å²) in [5.41, 5.74) is 1.60. The second-order valence-corrected chi connectivity index (χ2v) is 2.78. The molecule has 0 unspecified atom stereocenters. The summed E-state index contributed by atoms with van der Waals surface area (Å²) in [6.45, 7) is 0. The van der Waals surface area contributed by atoms with E-state index in [0.717, 1.165) is 17.4 Å². The molecule has 0 saturated heterocycles. The molecule has 0 fully saturated rings. The van der Waals surface area contributed by atoms with Crippen LogP contribution in [0.25, 0.3) is 11.7 Å². The topological polar surface area (TPSA) is 54.6 Å². The van der Waals surface area contributed by atoms with E-state index in [1.165, 1.54) is 6.08 Å². The summed E-state index contributed by atoms with van der Waals surface area (Å²) in [5, 5.41) is 8.49. The number of carbonyl (C=O) groups is 1. The quantitative estimate of drug-likeness (QED) is 0.725. The number of aliphatic carboxylic acids is 1. The fraction of sp³-hybridized carbons (Fsp3) is 0. The Balaban J connectivity index is 2.51. The van der Waals surface area contributed by atoms with Gasteiger partial charge in [-0.05, 0) is 18.2 Å². The van der Waals surface area contributed by atoms with E-state index in [1.54, 1.807) is 12.4 Å². The summed E-state index contributed by atoms with van der Waals surface area (Å²) in [7, 11) is 0. The van der Waals surface area contributed by atoms with Crippen molar-refractivity contribution in [1.82, 2.24) is 9.38 Å². The van der Waals surface area contributed by atoms with Crippen LogP contribution in [0.1, 0.15) is 5.69 Å². The van der Waals surface area contributed by atoms with Crippen molar-refractivity contribution < 1.29 is 9.90 Å². The van der Waals surface area contributed by atoms with Gasteiger partial charge in [-0.3, -0.25) is 0 Å². The minimum atomic E-state index is -0.956. The molecular formula is C10H8N2O2. The first kappa shape index (κ1) is 8.50. The number of carboxylic acids is 1. The highest BCUT2D eigenvalue weighted by Gasteiger charge is 1.96. The smallest absolute Gasteiger partial charge is 0.328 e. The molecule has 2 heterocycles. The number of pyridine rings is 1. The molecule has 0 amide bonds. The van der Waals surface area contributed by atoms with Gasteiger partial charge in [0.2, 0.25) is 0 Å². The summed E-state index contributed by atoms with van der Waals surface area (Å²) in [6, 6.07) is 5.52. The van der Waals surface area contributed by atoms with Crippen LogP contribution in [-0.2, 0) is 4.79 Å². The Morgan fingerprint density at radius 1 is 1.50 bits per heavy atom. The van der Waals surface area contributed by atoms with Gasteiger partial charge in [-0.15, -0.1) is 0 Å². The number of rotatable bonds is 2. The number of carboxylic acid groups (broad SMARTS) is 1. The Hall–Kier alpha value is -2.10. The Labute approximate surface area is 80.1 Å². The molecule has 0 radical (unpaired) electrons. The molecule has 0 aliphatic carbocycles. The third kappa shape index (κ3) is 1.50. The van der Waals surface area contributed by atoms with Gasteiger partial charge in [0.25, 0.3) is 0 Å². The molecule has 0 aromatic carbocycles. The lowest BCUT2D eigenvalue weighted by Crippen LogP contribution is -1.91. The zero-order chi connectivity index (χ0) is 9.97. The van der Waals surface area contributed by atoms with Gasteiger partial charge < -0.3 is 9.51 Å². The molecule has 4 heteroatoms. The number of hydrogen-bond acceptors (Lipinski definition) is 2. The Kier molecular flexibility index (Phi) is 2.02. The molecule has 0 saturated carbocycles. The fourth-order valence-electron chi connectivity index (χ4n) is 1.26. The summed E-state index contributed by atoms with van der Waals surface area (Å²) < 4.78 is 1.82. The van der Waals surface area contributed by atoms with Crippen molar-refractivity contribution in [2.45, 2.75) is 0 Å². The molecule has 70 valence electrons. The van der Waals surface area contributed by atoms with Crippen LogP contribution in [0.5, 0.6) is 0 Å². The van der Waals surface area contributed by atoms with Crippen LogP contribution in [0.3, 0.4) is 0 Å². The van der Waals surface area contributed by atoms with Crippen molar-refractivity contribution in [3.63, 3.8) is 0 Å². The van der Waals surface area contributed by atoms with Crippen LogP contribution < -0.4 is 0 Å². The van der Waals surface area contributed by atoms with E-state index in [9.17, 15) is 4.79 Å². The summed E-state index contributed by atoms with van der Waals surface area (Å²) in [4.78, 5) is 14.4. The number of imidazole rings is 1. The lowest BCUT2D eigenvalue weighted by atomic mass is 10.3. The highest BCUT2D eigenvalue weighted by atomic mass is 16.4. The second kappa shape index (κ2) is 3.33. The van der Waals surface area contributed by atoms with Crippen LogP contribution in [-0.4, -0.2) is 20.5 Å². The van der Waals surface area contributed by atoms with E-state index in [-0.39, 0.29) is 0 Å². The lowest BCUT2D eigenvalue weighted by molar-refractivity contribution is -0.131. The van der Waals surface area contributed by atoms with Crippen LogP contribution in [0, 0.1) is 0 Å². The SMILES string of the molecule is O=C(O)/C=C/c1cccc2nccn12. The van der Waals surface area contributed by atoms with Gasteiger partial charge >= 0.3 is 5.97 Å². The van der Waals surface area contributed by atoms with Gasteiger partial charge in [0.15, 0.2) is 0 Å². The van der Waals surface area contributed by atoms with Crippen molar-refractivity contribution in [3.05, 3.63) is 42.4 Å².